The molecule has 1 heterocycles. The summed E-state index contributed by atoms with van der Waals surface area (Å²) in [5.41, 5.74) is 6.40. The minimum atomic E-state index is 0.218. The number of fused-ring (bicyclic) bond motifs is 1. The molecule has 1 aliphatic heterocycles. The molecule has 0 aliphatic carbocycles. The summed E-state index contributed by atoms with van der Waals surface area (Å²) in [5.74, 6) is 1.79. The minimum absolute atomic E-state index is 0.218. The first-order valence-corrected chi connectivity index (χ1v) is 5.36. The average Bonchev–Trinajstić information content (AvgIpc) is 2.83. The number of nitrogens with two attached hydrogens (primary N) is 1. The number of ether oxygens (including phenoxy) is 2. The van der Waals surface area contributed by atoms with E-state index in [0.717, 1.165) is 17.1 Å². The van der Waals surface area contributed by atoms with Crippen molar-refractivity contribution >= 4 is 5.84 Å². The number of oxime groups is 1. The van der Waals surface area contributed by atoms with Crippen molar-refractivity contribution in [2.45, 2.75) is 13.0 Å². The van der Waals surface area contributed by atoms with Gasteiger partial charge in [-0.15, -0.1) is 0 Å². The molecule has 17 heavy (non-hydrogen) atoms. The topological polar surface area (TPSA) is 89.1 Å². The normalized spacial score (nSPS) is 14.0. The van der Waals surface area contributed by atoms with E-state index in [1.165, 1.54) is 0 Å². The van der Waals surface area contributed by atoms with Gasteiger partial charge in [0.1, 0.15) is 5.84 Å². The zero-order chi connectivity index (χ0) is 12.1. The van der Waals surface area contributed by atoms with Gasteiger partial charge in [0, 0.05) is 25.1 Å². The van der Waals surface area contributed by atoms with E-state index < -0.39 is 0 Å². The number of nitrogens with one attached hydrogen (secondary N) is 1. The van der Waals surface area contributed by atoms with Gasteiger partial charge in [0.2, 0.25) is 6.79 Å². The fraction of sp³-hybridized carbons (Fsp3) is 0.364. The van der Waals surface area contributed by atoms with Crippen molar-refractivity contribution in [2.24, 2.45) is 10.9 Å². The number of para-hydroxylation sites is 1. The average molecular weight is 237 g/mol. The van der Waals surface area contributed by atoms with E-state index in [1.54, 1.807) is 0 Å². The van der Waals surface area contributed by atoms with Gasteiger partial charge in [0.15, 0.2) is 11.5 Å². The quantitative estimate of drug-likeness (QED) is 0.230. The van der Waals surface area contributed by atoms with Crippen molar-refractivity contribution in [1.29, 1.82) is 0 Å². The van der Waals surface area contributed by atoms with Crippen molar-refractivity contribution in [3.63, 3.8) is 0 Å². The Morgan fingerprint density at radius 2 is 2.35 bits per heavy atom. The lowest BCUT2D eigenvalue weighted by atomic mass is 10.2. The Labute approximate surface area is 99.0 Å². The fourth-order valence-corrected chi connectivity index (χ4v) is 1.62. The number of hydrogen-bond donors (Lipinski definition) is 3. The third-order valence-corrected chi connectivity index (χ3v) is 2.48. The van der Waals surface area contributed by atoms with Crippen LogP contribution >= 0.6 is 0 Å². The number of rotatable bonds is 5. The van der Waals surface area contributed by atoms with E-state index in [1.807, 2.05) is 18.2 Å². The Kier molecular flexibility index (Phi) is 3.66. The van der Waals surface area contributed by atoms with Gasteiger partial charge in [-0.25, -0.2) is 0 Å². The van der Waals surface area contributed by atoms with Crippen molar-refractivity contribution in [3.8, 4) is 11.5 Å². The third kappa shape index (κ3) is 2.79. The van der Waals surface area contributed by atoms with Gasteiger partial charge >= 0.3 is 0 Å². The van der Waals surface area contributed by atoms with Gasteiger partial charge in [-0.2, -0.15) is 0 Å². The van der Waals surface area contributed by atoms with Gasteiger partial charge in [-0.3, -0.25) is 0 Å². The molecule has 0 radical (unpaired) electrons. The Hall–Kier alpha value is -1.95. The molecule has 0 unspecified atom stereocenters. The molecule has 0 saturated carbocycles. The maximum Gasteiger partial charge on any atom is 0.231 e. The summed E-state index contributed by atoms with van der Waals surface area (Å²) in [4.78, 5) is 0. The molecule has 0 bridgehead atoms. The first kappa shape index (κ1) is 11.5. The van der Waals surface area contributed by atoms with E-state index >= 15 is 0 Å². The molecule has 6 nitrogen and oxygen atoms in total. The molecule has 2 rings (SSSR count). The number of amidine groups is 1. The highest BCUT2D eigenvalue weighted by Crippen LogP contribution is 2.35. The molecular weight excluding hydrogens is 222 g/mol. The lowest BCUT2D eigenvalue weighted by Gasteiger charge is -2.07. The largest absolute Gasteiger partial charge is 0.454 e. The fourth-order valence-electron chi connectivity index (χ4n) is 1.62. The second kappa shape index (κ2) is 5.40. The second-order valence-corrected chi connectivity index (χ2v) is 3.67. The van der Waals surface area contributed by atoms with Crippen LogP contribution in [-0.4, -0.2) is 24.4 Å². The van der Waals surface area contributed by atoms with Gasteiger partial charge in [0.05, 0.1) is 0 Å². The summed E-state index contributed by atoms with van der Waals surface area (Å²) in [5, 5.41) is 14.5. The Morgan fingerprint density at radius 1 is 1.47 bits per heavy atom. The first-order chi connectivity index (χ1) is 8.31. The zero-order valence-electron chi connectivity index (χ0n) is 9.35. The van der Waals surface area contributed by atoms with E-state index in [0.29, 0.717) is 19.5 Å². The molecule has 0 spiro atoms. The minimum Gasteiger partial charge on any atom is -0.454 e. The Morgan fingerprint density at radius 3 is 3.18 bits per heavy atom. The molecule has 0 fully saturated rings. The Bertz CT molecular complexity index is 420. The summed E-state index contributed by atoms with van der Waals surface area (Å²) in [6, 6.07) is 5.78. The molecule has 1 aromatic rings. The van der Waals surface area contributed by atoms with E-state index in [9.17, 15) is 0 Å². The molecule has 92 valence electrons. The first-order valence-electron chi connectivity index (χ1n) is 5.36. The Balaban J connectivity index is 1.86. The lowest BCUT2D eigenvalue weighted by Crippen LogP contribution is -2.22. The maximum absolute atomic E-state index is 8.38. The van der Waals surface area contributed by atoms with Crippen molar-refractivity contribution < 1.29 is 14.7 Å². The highest BCUT2D eigenvalue weighted by atomic mass is 16.7. The highest BCUT2D eigenvalue weighted by molar-refractivity contribution is 5.79. The summed E-state index contributed by atoms with van der Waals surface area (Å²) in [7, 11) is 0. The van der Waals surface area contributed by atoms with Crippen LogP contribution in [0.3, 0.4) is 0 Å². The summed E-state index contributed by atoms with van der Waals surface area (Å²) < 4.78 is 10.7. The maximum atomic E-state index is 8.38. The number of nitrogens with zero attached hydrogens (tertiary/aromatic N) is 1. The summed E-state index contributed by atoms with van der Waals surface area (Å²) in [6.07, 6.45) is 0.503. The SMILES string of the molecule is NC(CCNCc1cccc2c1OCO2)=NO. The molecule has 0 amide bonds. The van der Waals surface area contributed by atoms with Gasteiger partial charge < -0.3 is 25.7 Å². The van der Waals surface area contributed by atoms with Crippen LogP contribution in [0.5, 0.6) is 11.5 Å². The van der Waals surface area contributed by atoms with E-state index in [-0.39, 0.29) is 12.6 Å². The summed E-state index contributed by atoms with van der Waals surface area (Å²) in [6.45, 7) is 1.57. The van der Waals surface area contributed by atoms with Gasteiger partial charge in [0.25, 0.3) is 0 Å². The van der Waals surface area contributed by atoms with E-state index in [2.05, 4.69) is 10.5 Å². The molecule has 1 aromatic carbocycles. The molecule has 0 saturated heterocycles. The molecular formula is C11H15N3O3. The predicted molar refractivity (Wildman–Crippen MR) is 62.3 cm³/mol. The van der Waals surface area contributed by atoms with E-state index in [4.69, 9.17) is 20.4 Å². The van der Waals surface area contributed by atoms with Crippen LogP contribution in [0.2, 0.25) is 0 Å². The summed E-state index contributed by atoms with van der Waals surface area (Å²) >= 11 is 0. The van der Waals surface area contributed by atoms with Crippen molar-refractivity contribution in [3.05, 3.63) is 23.8 Å². The predicted octanol–water partition coefficient (Wildman–Crippen LogP) is 0.641. The zero-order valence-corrected chi connectivity index (χ0v) is 9.35. The van der Waals surface area contributed by atoms with Gasteiger partial charge in [-0.1, -0.05) is 17.3 Å². The number of benzene rings is 1. The van der Waals surface area contributed by atoms with Crippen LogP contribution in [-0.2, 0) is 6.54 Å². The molecule has 0 aromatic heterocycles. The van der Waals surface area contributed by atoms with Crippen LogP contribution in [0.15, 0.2) is 23.4 Å². The highest BCUT2D eigenvalue weighted by Gasteiger charge is 2.16. The molecule has 1 aliphatic rings. The van der Waals surface area contributed by atoms with Crippen molar-refractivity contribution in [2.75, 3.05) is 13.3 Å². The second-order valence-electron chi connectivity index (χ2n) is 3.67. The molecule has 0 atom stereocenters. The van der Waals surface area contributed by atoms with Crippen LogP contribution in [0.4, 0.5) is 0 Å². The number of hydrogen-bond acceptors (Lipinski definition) is 5. The van der Waals surface area contributed by atoms with Crippen LogP contribution in [0, 0.1) is 0 Å². The van der Waals surface area contributed by atoms with Crippen molar-refractivity contribution in [1.82, 2.24) is 5.32 Å². The van der Waals surface area contributed by atoms with Crippen LogP contribution < -0.4 is 20.5 Å². The smallest absolute Gasteiger partial charge is 0.231 e. The monoisotopic (exact) mass is 237 g/mol. The molecule has 6 heteroatoms. The standard InChI is InChI=1S/C11H15N3O3/c12-10(14-15)4-5-13-6-8-2-1-3-9-11(8)17-7-16-9/h1-3,13,15H,4-7H2,(H2,12,14). The van der Waals surface area contributed by atoms with Crippen LogP contribution in [0.25, 0.3) is 0 Å². The lowest BCUT2D eigenvalue weighted by molar-refractivity contribution is 0.173. The third-order valence-electron chi connectivity index (χ3n) is 2.48. The molecule has 4 N–H and O–H groups in total. The van der Waals surface area contributed by atoms with Crippen LogP contribution in [0.1, 0.15) is 12.0 Å². The van der Waals surface area contributed by atoms with Gasteiger partial charge in [-0.05, 0) is 6.07 Å².